The Labute approximate surface area is 168 Å². The third-order valence-electron chi connectivity index (χ3n) is 3.48. The molecule has 0 saturated heterocycles. The molecule has 0 aliphatic carbocycles. The number of benzene rings is 2. The SMILES string of the molecule is COc1ccc(N(CC(=O)OC(C)C)S(=O)(=O)c2ccc(Cl)c(Cl)c2)cc1. The molecule has 146 valence electrons. The summed E-state index contributed by atoms with van der Waals surface area (Å²) in [4.78, 5) is 12.1. The van der Waals surface area contributed by atoms with Crippen LogP contribution in [0, 0.1) is 0 Å². The normalized spacial score (nSPS) is 11.3. The van der Waals surface area contributed by atoms with Crippen LogP contribution in [0.1, 0.15) is 13.8 Å². The van der Waals surface area contributed by atoms with Crippen molar-refractivity contribution in [1.82, 2.24) is 0 Å². The quantitative estimate of drug-likeness (QED) is 0.615. The van der Waals surface area contributed by atoms with Gasteiger partial charge in [-0.1, -0.05) is 23.2 Å². The summed E-state index contributed by atoms with van der Waals surface area (Å²) in [5.74, 6) is -0.125. The maximum absolute atomic E-state index is 13.2. The van der Waals surface area contributed by atoms with Crippen molar-refractivity contribution in [3.63, 3.8) is 0 Å². The molecule has 0 amide bonds. The first-order chi connectivity index (χ1) is 12.6. The van der Waals surface area contributed by atoms with Gasteiger partial charge in [-0.05, 0) is 56.3 Å². The molecule has 0 spiro atoms. The Hall–Kier alpha value is -1.96. The van der Waals surface area contributed by atoms with Crippen LogP contribution in [0.5, 0.6) is 5.75 Å². The molecule has 9 heteroatoms. The molecule has 0 saturated carbocycles. The monoisotopic (exact) mass is 431 g/mol. The van der Waals surface area contributed by atoms with E-state index in [0.29, 0.717) is 5.75 Å². The fraction of sp³-hybridized carbons (Fsp3) is 0.278. The van der Waals surface area contributed by atoms with Crippen LogP contribution in [-0.2, 0) is 19.6 Å². The van der Waals surface area contributed by atoms with E-state index in [9.17, 15) is 13.2 Å². The van der Waals surface area contributed by atoms with Crippen LogP contribution >= 0.6 is 23.2 Å². The number of hydrogen-bond donors (Lipinski definition) is 0. The van der Waals surface area contributed by atoms with Gasteiger partial charge in [0.05, 0.1) is 33.8 Å². The molecule has 2 rings (SSSR count). The molecular weight excluding hydrogens is 413 g/mol. The number of halogens is 2. The lowest BCUT2D eigenvalue weighted by atomic mass is 10.3. The van der Waals surface area contributed by atoms with Gasteiger partial charge >= 0.3 is 5.97 Å². The Bertz CT molecular complexity index is 914. The molecule has 0 aromatic heterocycles. The van der Waals surface area contributed by atoms with Gasteiger partial charge in [-0.25, -0.2) is 8.42 Å². The van der Waals surface area contributed by atoms with Crippen LogP contribution in [0.25, 0.3) is 0 Å². The van der Waals surface area contributed by atoms with Gasteiger partial charge in [0.1, 0.15) is 12.3 Å². The molecule has 0 heterocycles. The largest absolute Gasteiger partial charge is 0.497 e. The second-order valence-electron chi connectivity index (χ2n) is 5.82. The van der Waals surface area contributed by atoms with Gasteiger partial charge in [0.15, 0.2) is 0 Å². The van der Waals surface area contributed by atoms with E-state index in [1.54, 1.807) is 26.0 Å². The lowest BCUT2D eigenvalue weighted by Crippen LogP contribution is -2.37. The Balaban J connectivity index is 2.48. The molecule has 27 heavy (non-hydrogen) atoms. The Morgan fingerprint density at radius 3 is 2.22 bits per heavy atom. The van der Waals surface area contributed by atoms with Gasteiger partial charge in [-0.15, -0.1) is 0 Å². The number of esters is 1. The first-order valence-electron chi connectivity index (χ1n) is 7.96. The fourth-order valence-corrected chi connectivity index (χ4v) is 4.04. The van der Waals surface area contributed by atoms with Crippen molar-refractivity contribution in [3.05, 3.63) is 52.5 Å². The van der Waals surface area contributed by atoms with Crippen molar-refractivity contribution in [2.24, 2.45) is 0 Å². The zero-order valence-electron chi connectivity index (χ0n) is 15.0. The van der Waals surface area contributed by atoms with Crippen molar-refractivity contribution < 1.29 is 22.7 Å². The van der Waals surface area contributed by atoms with E-state index in [-0.39, 0.29) is 26.7 Å². The van der Waals surface area contributed by atoms with Crippen molar-refractivity contribution in [2.45, 2.75) is 24.8 Å². The topological polar surface area (TPSA) is 72.9 Å². The number of anilines is 1. The Kier molecular flexibility index (Phi) is 6.97. The van der Waals surface area contributed by atoms with E-state index < -0.39 is 22.5 Å². The number of rotatable bonds is 7. The van der Waals surface area contributed by atoms with E-state index in [1.165, 1.54) is 37.4 Å². The Morgan fingerprint density at radius 1 is 1.07 bits per heavy atom. The Morgan fingerprint density at radius 2 is 1.70 bits per heavy atom. The lowest BCUT2D eigenvalue weighted by Gasteiger charge is -2.24. The van der Waals surface area contributed by atoms with Gasteiger partial charge in [0.25, 0.3) is 10.0 Å². The van der Waals surface area contributed by atoms with E-state index in [1.807, 2.05) is 0 Å². The zero-order chi connectivity index (χ0) is 20.2. The van der Waals surface area contributed by atoms with Gasteiger partial charge in [0.2, 0.25) is 0 Å². The zero-order valence-corrected chi connectivity index (χ0v) is 17.3. The molecule has 0 bridgehead atoms. The van der Waals surface area contributed by atoms with E-state index in [4.69, 9.17) is 32.7 Å². The fourth-order valence-electron chi connectivity index (χ4n) is 2.25. The number of methoxy groups -OCH3 is 1. The van der Waals surface area contributed by atoms with Crippen molar-refractivity contribution in [1.29, 1.82) is 0 Å². The van der Waals surface area contributed by atoms with Gasteiger partial charge in [-0.3, -0.25) is 9.10 Å². The van der Waals surface area contributed by atoms with Gasteiger partial charge in [-0.2, -0.15) is 0 Å². The molecule has 2 aromatic rings. The molecule has 0 unspecified atom stereocenters. The minimum atomic E-state index is -4.10. The maximum Gasteiger partial charge on any atom is 0.327 e. The van der Waals surface area contributed by atoms with Crippen LogP contribution in [0.15, 0.2) is 47.4 Å². The number of nitrogens with zero attached hydrogens (tertiary/aromatic N) is 1. The van der Waals surface area contributed by atoms with Crippen LogP contribution in [0.3, 0.4) is 0 Å². The lowest BCUT2D eigenvalue weighted by molar-refractivity contribution is -0.145. The second kappa shape index (κ2) is 8.82. The highest BCUT2D eigenvalue weighted by molar-refractivity contribution is 7.92. The predicted octanol–water partition coefficient (Wildman–Crippen LogP) is 4.15. The summed E-state index contributed by atoms with van der Waals surface area (Å²) < 4.78 is 37.5. The summed E-state index contributed by atoms with van der Waals surface area (Å²) in [6.45, 7) is 2.87. The molecule has 6 nitrogen and oxygen atoms in total. The van der Waals surface area contributed by atoms with Crippen LogP contribution < -0.4 is 9.04 Å². The first kappa shape index (κ1) is 21.3. The number of ether oxygens (including phenoxy) is 2. The van der Waals surface area contributed by atoms with Gasteiger partial charge in [0, 0.05) is 0 Å². The van der Waals surface area contributed by atoms with Gasteiger partial charge < -0.3 is 9.47 Å². The summed E-state index contributed by atoms with van der Waals surface area (Å²) >= 11 is 11.8. The summed E-state index contributed by atoms with van der Waals surface area (Å²) in [5.41, 5.74) is 0.280. The van der Waals surface area contributed by atoms with Crippen LogP contribution in [0.4, 0.5) is 5.69 Å². The highest BCUT2D eigenvalue weighted by Gasteiger charge is 2.28. The maximum atomic E-state index is 13.2. The molecule has 0 N–H and O–H groups in total. The van der Waals surface area contributed by atoms with Crippen LogP contribution in [-0.4, -0.2) is 34.1 Å². The summed E-state index contributed by atoms with van der Waals surface area (Å²) in [6, 6.07) is 10.2. The molecule has 0 aliphatic heterocycles. The van der Waals surface area contributed by atoms with Crippen molar-refractivity contribution in [2.75, 3.05) is 18.0 Å². The third kappa shape index (κ3) is 5.28. The van der Waals surface area contributed by atoms with Crippen molar-refractivity contribution in [3.8, 4) is 5.75 Å². The number of carbonyl (C=O) groups excluding carboxylic acids is 1. The van der Waals surface area contributed by atoms with Crippen molar-refractivity contribution >= 4 is 44.9 Å². The molecule has 2 aromatic carbocycles. The molecule has 0 fully saturated rings. The smallest absolute Gasteiger partial charge is 0.327 e. The summed E-state index contributed by atoms with van der Waals surface area (Å²) in [7, 11) is -2.60. The highest BCUT2D eigenvalue weighted by atomic mass is 35.5. The molecular formula is C18H19Cl2NO5S. The molecule has 0 atom stereocenters. The second-order valence-corrected chi connectivity index (χ2v) is 8.50. The standard InChI is InChI=1S/C18H19Cl2NO5S/c1-12(2)26-18(22)11-21(13-4-6-14(25-3)7-5-13)27(23,24)15-8-9-16(19)17(20)10-15/h4-10,12H,11H2,1-3H3. The predicted molar refractivity (Wildman–Crippen MR) is 105 cm³/mol. The average molecular weight is 432 g/mol. The minimum absolute atomic E-state index is 0.0925. The highest BCUT2D eigenvalue weighted by Crippen LogP contribution is 2.30. The number of sulfonamides is 1. The first-order valence-corrected chi connectivity index (χ1v) is 10.2. The minimum Gasteiger partial charge on any atom is -0.497 e. The molecule has 0 radical (unpaired) electrons. The van der Waals surface area contributed by atoms with Crippen LogP contribution in [0.2, 0.25) is 10.0 Å². The van der Waals surface area contributed by atoms with E-state index in [0.717, 1.165) is 4.31 Å². The summed E-state index contributed by atoms with van der Waals surface area (Å²) in [5, 5.41) is 0.322. The summed E-state index contributed by atoms with van der Waals surface area (Å²) in [6.07, 6.45) is -0.372. The van der Waals surface area contributed by atoms with E-state index >= 15 is 0 Å². The third-order valence-corrected chi connectivity index (χ3v) is 5.99. The number of hydrogen-bond acceptors (Lipinski definition) is 5. The van der Waals surface area contributed by atoms with E-state index in [2.05, 4.69) is 0 Å². The molecule has 0 aliphatic rings. The average Bonchev–Trinajstić information content (AvgIpc) is 2.61. The number of carbonyl (C=O) groups is 1.